The number of hydrogen-bond acceptors (Lipinski definition) is 5. The maximum Gasteiger partial charge on any atom is 0.242 e. The van der Waals surface area contributed by atoms with Gasteiger partial charge in [0.2, 0.25) is 5.91 Å². The minimum absolute atomic E-state index is 0.0353. The van der Waals surface area contributed by atoms with Crippen LogP contribution in [-0.4, -0.2) is 65.8 Å². The zero-order chi connectivity index (χ0) is 21.2. The van der Waals surface area contributed by atoms with Gasteiger partial charge in [-0.2, -0.15) is 5.10 Å². The number of fused-ring (bicyclic) bond motifs is 1. The van der Waals surface area contributed by atoms with Crippen LogP contribution >= 0.6 is 0 Å². The van der Waals surface area contributed by atoms with Crippen LogP contribution in [-0.2, 0) is 4.79 Å². The Balaban J connectivity index is 1.37. The summed E-state index contributed by atoms with van der Waals surface area (Å²) in [4.78, 5) is 15.8. The Morgan fingerprint density at radius 1 is 1.13 bits per heavy atom. The molecule has 1 amide bonds. The van der Waals surface area contributed by atoms with Gasteiger partial charge in [-0.1, -0.05) is 12.1 Å². The summed E-state index contributed by atoms with van der Waals surface area (Å²) in [6, 6.07) is 12.2. The Hall–Kier alpha value is -2.81. The van der Waals surface area contributed by atoms with Crippen LogP contribution in [0.4, 0.5) is 10.1 Å². The van der Waals surface area contributed by atoms with Gasteiger partial charge in [0, 0.05) is 55.8 Å². The van der Waals surface area contributed by atoms with Gasteiger partial charge in [0.1, 0.15) is 5.82 Å². The number of nitrogens with zero attached hydrogens (tertiary/aromatic N) is 2. The number of aromatic nitrogens is 2. The molecule has 3 heterocycles. The number of carbonyl (C=O) groups is 1. The first kappa shape index (κ1) is 20.1. The SMILES string of the molecule is O=C(Nc1ccc2[nH]ncc2c1)C1NCC(N2CCNCC2)CC1c1ccc(F)cc1. The third-order valence-electron chi connectivity index (χ3n) is 6.46. The highest BCUT2D eigenvalue weighted by molar-refractivity contribution is 5.97. The van der Waals surface area contributed by atoms with Gasteiger partial charge < -0.3 is 16.0 Å². The highest BCUT2D eigenvalue weighted by Crippen LogP contribution is 2.31. The minimum atomic E-state index is -0.385. The molecule has 0 radical (unpaired) electrons. The lowest BCUT2D eigenvalue weighted by Gasteiger charge is -2.43. The molecule has 2 aliphatic heterocycles. The van der Waals surface area contributed by atoms with E-state index in [4.69, 9.17) is 0 Å². The molecule has 2 fully saturated rings. The Morgan fingerprint density at radius 3 is 2.74 bits per heavy atom. The molecule has 162 valence electrons. The third kappa shape index (κ3) is 4.32. The number of rotatable bonds is 4. The van der Waals surface area contributed by atoms with Crippen LogP contribution in [0.15, 0.2) is 48.7 Å². The van der Waals surface area contributed by atoms with Gasteiger partial charge in [0.05, 0.1) is 17.8 Å². The lowest BCUT2D eigenvalue weighted by atomic mass is 9.81. The largest absolute Gasteiger partial charge is 0.325 e. The first-order chi connectivity index (χ1) is 15.2. The number of piperazine rings is 1. The third-order valence-corrected chi connectivity index (χ3v) is 6.46. The predicted molar refractivity (Wildman–Crippen MR) is 119 cm³/mol. The molecule has 1 aromatic heterocycles. The van der Waals surface area contributed by atoms with Crippen molar-refractivity contribution in [3.63, 3.8) is 0 Å². The van der Waals surface area contributed by atoms with E-state index in [1.54, 1.807) is 18.3 Å². The maximum atomic E-state index is 13.5. The van der Waals surface area contributed by atoms with Crippen LogP contribution in [0.2, 0.25) is 0 Å². The fourth-order valence-electron chi connectivity index (χ4n) is 4.80. The molecule has 5 rings (SSSR count). The van der Waals surface area contributed by atoms with Crippen LogP contribution in [0, 0.1) is 5.82 Å². The summed E-state index contributed by atoms with van der Waals surface area (Å²) in [6.45, 7) is 4.74. The van der Waals surface area contributed by atoms with Crippen molar-refractivity contribution in [1.82, 2.24) is 25.7 Å². The number of hydrogen-bond donors (Lipinski definition) is 4. The number of carbonyl (C=O) groups excluding carboxylic acids is 1. The number of piperidine rings is 1. The number of aromatic amines is 1. The van der Waals surface area contributed by atoms with E-state index in [2.05, 4.69) is 31.0 Å². The summed E-state index contributed by atoms with van der Waals surface area (Å²) in [6.07, 6.45) is 2.60. The van der Waals surface area contributed by atoms with Gasteiger partial charge in [-0.3, -0.25) is 14.8 Å². The molecule has 2 saturated heterocycles. The Morgan fingerprint density at radius 2 is 1.94 bits per heavy atom. The lowest BCUT2D eigenvalue weighted by molar-refractivity contribution is -0.119. The second-order valence-corrected chi connectivity index (χ2v) is 8.38. The normalized spacial score (nSPS) is 24.9. The van der Waals surface area contributed by atoms with Gasteiger partial charge in [-0.15, -0.1) is 0 Å². The van der Waals surface area contributed by atoms with Crippen molar-refractivity contribution in [3.8, 4) is 0 Å². The molecule has 2 aromatic carbocycles. The van der Waals surface area contributed by atoms with Crippen molar-refractivity contribution in [2.75, 3.05) is 38.0 Å². The van der Waals surface area contributed by atoms with Crippen molar-refractivity contribution in [2.24, 2.45) is 0 Å². The summed E-state index contributed by atoms with van der Waals surface area (Å²) < 4.78 is 13.5. The predicted octanol–water partition coefficient (Wildman–Crippen LogP) is 2.06. The first-order valence-corrected chi connectivity index (χ1v) is 10.8. The Labute approximate surface area is 180 Å². The topological polar surface area (TPSA) is 85.1 Å². The molecule has 0 bridgehead atoms. The minimum Gasteiger partial charge on any atom is -0.325 e. The summed E-state index contributed by atoms with van der Waals surface area (Å²) in [5.41, 5.74) is 2.65. The van der Waals surface area contributed by atoms with Gasteiger partial charge in [-0.25, -0.2) is 4.39 Å². The highest BCUT2D eigenvalue weighted by atomic mass is 19.1. The summed E-state index contributed by atoms with van der Waals surface area (Å²) in [7, 11) is 0. The fraction of sp³-hybridized carbons (Fsp3) is 0.391. The molecule has 3 unspecified atom stereocenters. The van der Waals surface area contributed by atoms with E-state index >= 15 is 0 Å². The van der Waals surface area contributed by atoms with Crippen LogP contribution in [0.1, 0.15) is 17.9 Å². The number of anilines is 1. The number of halogens is 1. The molecule has 8 heteroatoms. The van der Waals surface area contributed by atoms with Crippen LogP contribution in [0.25, 0.3) is 10.9 Å². The quantitative estimate of drug-likeness (QED) is 0.517. The number of benzene rings is 2. The van der Waals surface area contributed by atoms with Gasteiger partial charge in [-0.05, 0) is 42.3 Å². The molecule has 2 aliphatic rings. The summed E-state index contributed by atoms with van der Waals surface area (Å²) in [5.74, 6) is -0.372. The van der Waals surface area contributed by atoms with Gasteiger partial charge >= 0.3 is 0 Å². The van der Waals surface area contributed by atoms with E-state index in [0.29, 0.717) is 6.04 Å². The smallest absolute Gasteiger partial charge is 0.242 e. The highest BCUT2D eigenvalue weighted by Gasteiger charge is 2.38. The second-order valence-electron chi connectivity index (χ2n) is 8.38. The van der Waals surface area contributed by atoms with Crippen LogP contribution in [0.3, 0.4) is 0 Å². The average molecular weight is 423 g/mol. The Bertz CT molecular complexity index is 1050. The number of H-pyrrole nitrogens is 1. The van der Waals surface area contributed by atoms with Crippen molar-refractivity contribution in [1.29, 1.82) is 0 Å². The zero-order valence-electron chi connectivity index (χ0n) is 17.3. The average Bonchev–Trinajstić information content (AvgIpc) is 3.28. The summed E-state index contributed by atoms with van der Waals surface area (Å²) in [5, 5.41) is 17.8. The number of amides is 1. The first-order valence-electron chi connectivity index (χ1n) is 10.8. The molecule has 31 heavy (non-hydrogen) atoms. The number of nitrogens with one attached hydrogen (secondary N) is 4. The standard InChI is InChI=1S/C23H27FN6O/c24-17-3-1-15(2-4-17)20-12-19(30-9-7-25-8-10-30)14-26-22(20)23(31)28-18-5-6-21-16(11-18)13-27-29-21/h1-6,11,13,19-20,22,25-26H,7-10,12,14H2,(H,27,29)(H,28,31). The lowest BCUT2D eigenvalue weighted by Crippen LogP contribution is -2.59. The van der Waals surface area contributed by atoms with Crippen LogP contribution in [0.5, 0.6) is 0 Å². The maximum absolute atomic E-state index is 13.5. The van der Waals surface area contributed by atoms with Crippen molar-refractivity contribution < 1.29 is 9.18 Å². The van der Waals surface area contributed by atoms with Crippen molar-refractivity contribution in [3.05, 3.63) is 60.0 Å². The van der Waals surface area contributed by atoms with E-state index < -0.39 is 0 Å². The van der Waals surface area contributed by atoms with E-state index in [-0.39, 0.29) is 23.7 Å². The zero-order valence-corrected chi connectivity index (χ0v) is 17.3. The van der Waals surface area contributed by atoms with E-state index in [0.717, 1.165) is 61.3 Å². The Kier molecular flexibility index (Phi) is 5.67. The molecule has 3 atom stereocenters. The van der Waals surface area contributed by atoms with E-state index in [1.807, 2.05) is 18.2 Å². The van der Waals surface area contributed by atoms with E-state index in [9.17, 15) is 9.18 Å². The molecule has 0 spiro atoms. The van der Waals surface area contributed by atoms with Gasteiger partial charge in [0.25, 0.3) is 0 Å². The van der Waals surface area contributed by atoms with Crippen LogP contribution < -0.4 is 16.0 Å². The molecular weight excluding hydrogens is 395 g/mol. The molecule has 0 saturated carbocycles. The summed E-state index contributed by atoms with van der Waals surface area (Å²) >= 11 is 0. The monoisotopic (exact) mass is 422 g/mol. The van der Waals surface area contributed by atoms with Gasteiger partial charge in [0.15, 0.2) is 0 Å². The molecule has 4 N–H and O–H groups in total. The van der Waals surface area contributed by atoms with E-state index in [1.165, 1.54) is 12.1 Å². The molecule has 0 aliphatic carbocycles. The molecular formula is C23H27FN6O. The molecule has 3 aromatic rings. The molecule has 7 nitrogen and oxygen atoms in total. The van der Waals surface area contributed by atoms with Crippen molar-refractivity contribution in [2.45, 2.75) is 24.4 Å². The second kappa shape index (κ2) is 8.74. The van der Waals surface area contributed by atoms with Crippen molar-refractivity contribution >= 4 is 22.5 Å². The fourth-order valence-corrected chi connectivity index (χ4v) is 4.80.